The Bertz CT molecular complexity index is 470. The fourth-order valence-electron chi connectivity index (χ4n) is 2.44. The van der Waals surface area contributed by atoms with Crippen LogP contribution in [-0.2, 0) is 11.3 Å². The standard InChI is InChI=1S/C15H22FN3O/c1-3-17-11-13-4-5-14(16)15(10-13)19-8-6-18(7-9-19)12(2)20/h4-5,10,17H,3,6-9,11H2,1-2H3. The molecule has 0 bridgehead atoms. The van der Waals surface area contributed by atoms with E-state index in [2.05, 4.69) is 5.32 Å². The van der Waals surface area contributed by atoms with Crippen molar-refractivity contribution in [3.63, 3.8) is 0 Å². The number of nitrogens with zero attached hydrogens (tertiary/aromatic N) is 2. The molecule has 1 aromatic rings. The van der Waals surface area contributed by atoms with Crippen LogP contribution in [0.3, 0.4) is 0 Å². The van der Waals surface area contributed by atoms with Gasteiger partial charge in [0, 0.05) is 39.6 Å². The summed E-state index contributed by atoms with van der Waals surface area (Å²) in [6, 6.07) is 5.24. The molecule has 1 aliphatic heterocycles. The smallest absolute Gasteiger partial charge is 0.219 e. The lowest BCUT2D eigenvalue weighted by molar-refractivity contribution is -0.129. The van der Waals surface area contributed by atoms with Gasteiger partial charge < -0.3 is 15.1 Å². The van der Waals surface area contributed by atoms with Gasteiger partial charge in [-0.3, -0.25) is 4.79 Å². The number of halogens is 1. The molecular weight excluding hydrogens is 257 g/mol. The largest absolute Gasteiger partial charge is 0.366 e. The average Bonchev–Trinajstić information content (AvgIpc) is 2.46. The summed E-state index contributed by atoms with van der Waals surface area (Å²) in [5.74, 6) is -0.104. The highest BCUT2D eigenvalue weighted by molar-refractivity contribution is 5.73. The second kappa shape index (κ2) is 6.70. The van der Waals surface area contributed by atoms with Gasteiger partial charge in [0.25, 0.3) is 0 Å². The van der Waals surface area contributed by atoms with Crippen LogP contribution in [0.2, 0.25) is 0 Å². The number of carbonyl (C=O) groups is 1. The minimum Gasteiger partial charge on any atom is -0.366 e. The molecule has 0 spiro atoms. The maximum atomic E-state index is 14.0. The first-order valence-corrected chi connectivity index (χ1v) is 7.11. The Morgan fingerprint density at radius 3 is 2.60 bits per heavy atom. The van der Waals surface area contributed by atoms with E-state index in [1.54, 1.807) is 11.8 Å². The summed E-state index contributed by atoms with van der Waals surface area (Å²) in [5, 5.41) is 3.24. The lowest BCUT2D eigenvalue weighted by Gasteiger charge is -2.35. The molecule has 0 aromatic heterocycles. The van der Waals surface area contributed by atoms with Crippen molar-refractivity contribution >= 4 is 11.6 Å². The third-order valence-electron chi connectivity index (χ3n) is 3.66. The summed E-state index contributed by atoms with van der Waals surface area (Å²) in [6.45, 7) is 7.95. The van der Waals surface area contributed by atoms with Gasteiger partial charge in [-0.1, -0.05) is 13.0 Å². The Kier molecular flexibility index (Phi) is 4.95. The topological polar surface area (TPSA) is 35.6 Å². The quantitative estimate of drug-likeness (QED) is 0.909. The van der Waals surface area contributed by atoms with Crippen LogP contribution < -0.4 is 10.2 Å². The summed E-state index contributed by atoms with van der Waals surface area (Å²) in [6.07, 6.45) is 0. The molecule has 110 valence electrons. The maximum absolute atomic E-state index is 14.0. The van der Waals surface area contributed by atoms with Gasteiger partial charge >= 0.3 is 0 Å². The van der Waals surface area contributed by atoms with Gasteiger partial charge in [-0.05, 0) is 24.2 Å². The van der Waals surface area contributed by atoms with Crippen molar-refractivity contribution in [3.8, 4) is 0 Å². The SMILES string of the molecule is CCNCc1ccc(F)c(N2CCN(C(C)=O)CC2)c1. The second-order valence-corrected chi connectivity index (χ2v) is 5.06. The Morgan fingerprint density at radius 1 is 1.30 bits per heavy atom. The van der Waals surface area contributed by atoms with Crippen LogP contribution in [0.4, 0.5) is 10.1 Å². The fourth-order valence-corrected chi connectivity index (χ4v) is 2.44. The lowest BCUT2D eigenvalue weighted by Crippen LogP contribution is -2.48. The van der Waals surface area contributed by atoms with Crippen molar-refractivity contribution < 1.29 is 9.18 Å². The van der Waals surface area contributed by atoms with E-state index in [0.717, 1.165) is 18.7 Å². The molecule has 0 saturated carbocycles. The van der Waals surface area contributed by atoms with E-state index < -0.39 is 0 Å². The van der Waals surface area contributed by atoms with Crippen molar-refractivity contribution in [2.24, 2.45) is 0 Å². The Balaban J connectivity index is 2.06. The molecule has 0 aliphatic carbocycles. The van der Waals surface area contributed by atoms with Crippen molar-refractivity contribution in [2.45, 2.75) is 20.4 Å². The summed E-state index contributed by atoms with van der Waals surface area (Å²) in [5.41, 5.74) is 1.72. The molecule has 2 rings (SSSR count). The van der Waals surface area contributed by atoms with Crippen molar-refractivity contribution in [2.75, 3.05) is 37.6 Å². The van der Waals surface area contributed by atoms with Gasteiger partial charge in [0.1, 0.15) is 5.82 Å². The molecule has 5 heteroatoms. The predicted octanol–water partition coefficient (Wildman–Crippen LogP) is 1.60. The van der Waals surface area contributed by atoms with Gasteiger partial charge in [0.15, 0.2) is 0 Å². The number of nitrogens with one attached hydrogen (secondary N) is 1. The lowest BCUT2D eigenvalue weighted by atomic mass is 10.1. The van der Waals surface area contributed by atoms with Crippen molar-refractivity contribution in [1.29, 1.82) is 0 Å². The monoisotopic (exact) mass is 279 g/mol. The van der Waals surface area contributed by atoms with Crippen LogP contribution in [0.5, 0.6) is 0 Å². The molecule has 4 nitrogen and oxygen atoms in total. The van der Waals surface area contributed by atoms with Gasteiger partial charge in [-0.15, -0.1) is 0 Å². The zero-order valence-corrected chi connectivity index (χ0v) is 12.2. The second-order valence-electron chi connectivity index (χ2n) is 5.06. The third kappa shape index (κ3) is 3.48. The minimum absolute atomic E-state index is 0.0889. The molecule has 0 unspecified atom stereocenters. The number of anilines is 1. The van der Waals surface area contributed by atoms with E-state index in [-0.39, 0.29) is 11.7 Å². The average molecular weight is 279 g/mol. The zero-order chi connectivity index (χ0) is 14.5. The highest BCUT2D eigenvalue weighted by Gasteiger charge is 2.20. The number of carbonyl (C=O) groups excluding carboxylic acids is 1. The first-order chi connectivity index (χ1) is 9.61. The molecule has 20 heavy (non-hydrogen) atoms. The molecule has 1 saturated heterocycles. The van der Waals surface area contributed by atoms with Gasteiger partial charge in [-0.2, -0.15) is 0 Å². The molecule has 1 aromatic carbocycles. The van der Waals surface area contributed by atoms with Crippen LogP contribution in [0.25, 0.3) is 0 Å². The van der Waals surface area contributed by atoms with E-state index >= 15 is 0 Å². The predicted molar refractivity (Wildman–Crippen MR) is 78.2 cm³/mol. The van der Waals surface area contributed by atoms with Crippen molar-refractivity contribution in [1.82, 2.24) is 10.2 Å². The third-order valence-corrected chi connectivity index (χ3v) is 3.66. The highest BCUT2D eigenvalue weighted by Crippen LogP contribution is 2.22. The van der Waals surface area contributed by atoms with E-state index in [1.165, 1.54) is 6.07 Å². The fraction of sp³-hybridized carbons (Fsp3) is 0.533. The molecule has 1 amide bonds. The van der Waals surface area contributed by atoms with Crippen LogP contribution in [-0.4, -0.2) is 43.5 Å². The number of rotatable bonds is 4. The molecule has 1 heterocycles. The van der Waals surface area contributed by atoms with E-state index in [0.29, 0.717) is 31.9 Å². The van der Waals surface area contributed by atoms with E-state index in [9.17, 15) is 9.18 Å². The van der Waals surface area contributed by atoms with Gasteiger partial charge in [0.05, 0.1) is 5.69 Å². The Hall–Kier alpha value is -1.62. The zero-order valence-electron chi connectivity index (χ0n) is 12.2. The van der Waals surface area contributed by atoms with Gasteiger partial charge in [-0.25, -0.2) is 4.39 Å². The molecule has 1 fully saturated rings. The number of hydrogen-bond acceptors (Lipinski definition) is 3. The summed E-state index contributed by atoms with van der Waals surface area (Å²) >= 11 is 0. The van der Waals surface area contributed by atoms with Crippen LogP contribution >= 0.6 is 0 Å². The summed E-state index contributed by atoms with van der Waals surface area (Å²) < 4.78 is 14.0. The first kappa shape index (κ1) is 14.8. The Morgan fingerprint density at radius 2 is 2.00 bits per heavy atom. The number of hydrogen-bond donors (Lipinski definition) is 1. The molecule has 1 N–H and O–H groups in total. The highest BCUT2D eigenvalue weighted by atomic mass is 19.1. The molecule has 1 aliphatic rings. The van der Waals surface area contributed by atoms with E-state index in [1.807, 2.05) is 24.0 Å². The molecular formula is C15H22FN3O. The number of piperazine rings is 1. The number of benzene rings is 1. The van der Waals surface area contributed by atoms with Crippen LogP contribution in [0.15, 0.2) is 18.2 Å². The van der Waals surface area contributed by atoms with Crippen LogP contribution in [0.1, 0.15) is 19.4 Å². The van der Waals surface area contributed by atoms with Gasteiger partial charge in [0.2, 0.25) is 5.91 Å². The van der Waals surface area contributed by atoms with Crippen molar-refractivity contribution in [3.05, 3.63) is 29.6 Å². The van der Waals surface area contributed by atoms with Crippen LogP contribution in [0, 0.1) is 5.82 Å². The summed E-state index contributed by atoms with van der Waals surface area (Å²) in [4.78, 5) is 15.1. The molecule has 0 radical (unpaired) electrons. The summed E-state index contributed by atoms with van der Waals surface area (Å²) in [7, 11) is 0. The maximum Gasteiger partial charge on any atom is 0.219 e. The number of amides is 1. The van der Waals surface area contributed by atoms with E-state index in [4.69, 9.17) is 0 Å². The molecule has 0 atom stereocenters. The first-order valence-electron chi connectivity index (χ1n) is 7.11. The normalized spacial score (nSPS) is 15.6. The Labute approximate surface area is 119 Å². The minimum atomic E-state index is -0.193.